The van der Waals surface area contributed by atoms with Gasteiger partial charge in [0, 0.05) is 15.6 Å². The third kappa shape index (κ3) is 5.01. The molecule has 1 N–H and O–H groups in total. The smallest absolute Gasteiger partial charge is 0.271 e. The van der Waals surface area contributed by atoms with E-state index in [9.17, 15) is 4.79 Å². The third-order valence-electron chi connectivity index (χ3n) is 4.99. The number of carbonyl (C=O) groups is 1. The first kappa shape index (κ1) is 20.8. The van der Waals surface area contributed by atoms with Crippen LogP contribution in [0.5, 0.6) is 5.75 Å². The van der Waals surface area contributed by atoms with E-state index < -0.39 is 0 Å². The van der Waals surface area contributed by atoms with Gasteiger partial charge in [-0.2, -0.15) is 5.10 Å². The molecule has 154 valence electrons. The van der Waals surface area contributed by atoms with Gasteiger partial charge in [-0.3, -0.25) is 4.79 Å². The Morgan fingerprint density at radius 3 is 2.52 bits per heavy atom. The number of fused-ring (bicyclic) bond motifs is 1. The van der Waals surface area contributed by atoms with Gasteiger partial charge in [0.25, 0.3) is 5.91 Å². The van der Waals surface area contributed by atoms with E-state index in [0.29, 0.717) is 17.9 Å². The quantitative estimate of drug-likeness (QED) is 0.266. The van der Waals surface area contributed by atoms with Crippen molar-refractivity contribution in [3.63, 3.8) is 0 Å². The first-order chi connectivity index (χ1) is 15.1. The van der Waals surface area contributed by atoms with Crippen LogP contribution in [-0.4, -0.2) is 12.1 Å². The van der Waals surface area contributed by atoms with Gasteiger partial charge < -0.3 is 4.74 Å². The molecule has 0 bridgehead atoms. The van der Waals surface area contributed by atoms with Gasteiger partial charge in [-0.15, -0.1) is 0 Å². The minimum atomic E-state index is -0.244. The van der Waals surface area contributed by atoms with Crippen molar-refractivity contribution < 1.29 is 9.53 Å². The van der Waals surface area contributed by atoms with E-state index in [1.165, 1.54) is 0 Å². The first-order valence-electron chi connectivity index (χ1n) is 9.90. The monoisotopic (exact) mass is 472 g/mol. The van der Waals surface area contributed by atoms with E-state index in [-0.39, 0.29) is 5.91 Å². The molecule has 0 unspecified atom stereocenters. The highest BCUT2D eigenvalue weighted by Crippen LogP contribution is 2.27. The Balaban J connectivity index is 1.59. The number of aryl methyl sites for hydroxylation is 1. The first-order valence-corrected chi connectivity index (χ1v) is 10.7. The van der Waals surface area contributed by atoms with Crippen LogP contribution >= 0.6 is 15.9 Å². The second-order valence-corrected chi connectivity index (χ2v) is 8.04. The summed E-state index contributed by atoms with van der Waals surface area (Å²) < 4.78 is 7.14. The lowest BCUT2D eigenvalue weighted by Crippen LogP contribution is -2.18. The summed E-state index contributed by atoms with van der Waals surface area (Å²) in [5.41, 5.74) is 6.01. The fraction of sp³-hybridized carbons (Fsp3) is 0.0769. The molecular weight excluding hydrogens is 452 g/mol. The zero-order valence-electron chi connectivity index (χ0n) is 17.0. The molecule has 1 amide bonds. The molecule has 5 heteroatoms. The summed E-state index contributed by atoms with van der Waals surface area (Å²) in [6.45, 7) is 2.33. The molecule has 0 aliphatic rings. The third-order valence-corrected chi connectivity index (χ3v) is 5.52. The predicted octanol–water partition coefficient (Wildman–Crippen LogP) is 6.25. The Labute approximate surface area is 189 Å². The molecular formula is C26H21BrN2O2. The molecule has 4 aromatic carbocycles. The van der Waals surface area contributed by atoms with E-state index in [1.54, 1.807) is 12.3 Å². The Bertz CT molecular complexity index is 1250. The molecule has 31 heavy (non-hydrogen) atoms. The lowest BCUT2D eigenvalue weighted by atomic mass is 10.0. The van der Waals surface area contributed by atoms with Gasteiger partial charge in [0.1, 0.15) is 12.4 Å². The van der Waals surface area contributed by atoms with Gasteiger partial charge in [-0.25, -0.2) is 5.43 Å². The predicted molar refractivity (Wildman–Crippen MR) is 129 cm³/mol. The summed E-state index contributed by atoms with van der Waals surface area (Å²) in [7, 11) is 0. The zero-order valence-corrected chi connectivity index (χ0v) is 18.6. The van der Waals surface area contributed by atoms with E-state index in [0.717, 1.165) is 31.9 Å². The van der Waals surface area contributed by atoms with Crippen LogP contribution in [0.15, 0.2) is 94.5 Å². The molecule has 0 saturated heterocycles. The average molecular weight is 473 g/mol. The number of hydrogen-bond acceptors (Lipinski definition) is 3. The average Bonchev–Trinajstić information content (AvgIpc) is 2.79. The van der Waals surface area contributed by atoms with E-state index in [2.05, 4.69) is 26.5 Å². The van der Waals surface area contributed by atoms with Crippen LogP contribution in [0.2, 0.25) is 0 Å². The number of halogens is 1. The number of rotatable bonds is 6. The minimum absolute atomic E-state index is 0.244. The molecule has 0 aliphatic heterocycles. The number of nitrogens with zero attached hydrogens (tertiary/aromatic N) is 1. The van der Waals surface area contributed by atoms with Gasteiger partial charge in [-0.1, -0.05) is 76.6 Å². The van der Waals surface area contributed by atoms with Crippen molar-refractivity contribution in [1.82, 2.24) is 5.43 Å². The van der Waals surface area contributed by atoms with Crippen LogP contribution < -0.4 is 10.2 Å². The number of nitrogens with one attached hydrogen (secondary N) is 1. The van der Waals surface area contributed by atoms with Gasteiger partial charge >= 0.3 is 0 Å². The number of ether oxygens (including phenoxy) is 1. The number of amides is 1. The lowest BCUT2D eigenvalue weighted by molar-refractivity contribution is 0.0954. The van der Waals surface area contributed by atoms with Crippen LogP contribution in [0.4, 0.5) is 0 Å². The maximum absolute atomic E-state index is 12.5. The van der Waals surface area contributed by atoms with Crippen molar-refractivity contribution >= 4 is 38.8 Å². The molecule has 0 heterocycles. The maximum atomic E-state index is 12.5. The molecule has 4 rings (SSSR count). The molecule has 0 aromatic heterocycles. The molecule has 4 nitrogen and oxygen atoms in total. The normalized spacial score (nSPS) is 11.0. The van der Waals surface area contributed by atoms with Crippen molar-refractivity contribution in [2.24, 2.45) is 5.10 Å². The number of carbonyl (C=O) groups excluding carboxylic acids is 1. The second kappa shape index (κ2) is 9.58. The van der Waals surface area contributed by atoms with Crippen LogP contribution in [-0.2, 0) is 6.61 Å². The van der Waals surface area contributed by atoms with Crippen molar-refractivity contribution in [2.75, 3.05) is 0 Å². The van der Waals surface area contributed by atoms with Crippen LogP contribution in [0.25, 0.3) is 10.8 Å². The molecule has 0 radical (unpaired) electrons. The summed E-state index contributed by atoms with van der Waals surface area (Å²) >= 11 is 3.45. The standard InChI is InChI=1S/C26H21BrN2O2/c1-18-6-2-4-8-22(18)26(30)29-28-16-24-23-9-5-3-7-20(23)12-15-25(24)31-17-19-10-13-21(27)14-11-19/h2-16H,17H2,1H3,(H,29,30)/b28-16+. The summed E-state index contributed by atoms with van der Waals surface area (Å²) in [6, 6.07) is 27.4. The van der Waals surface area contributed by atoms with Crippen molar-refractivity contribution in [2.45, 2.75) is 13.5 Å². The highest BCUT2D eigenvalue weighted by atomic mass is 79.9. The molecule has 0 atom stereocenters. The van der Waals surface area contributed by atoms with Crippen LogP contribution in [0.1, 0.15) is 27.0 Å². The highest BCUT2D eigenvalue weighted by molar-refractivity contribution is 9.10. The Morgan fingerprint density at radius 2 is 1.71 bits per heavy atom. The summed E-state index contributed by atoms with van der Waals surface area (Å²) in [4.78, 5) is 12.5. The minimum Gasteiger partial charge on any atom is -0.488 e. The van der Waals surface area contributed by atoms with Crippen LogP contribution in [0.3, 0.4) is 0 Å². The molecule has 0 spiro atoms. The lowest BCUT2D eigenvalue weighted by Gasteiger charge is -2.12. The van der Waals surface area contributed by atoms with Crippen molar-refractivity contribution in [3.05, 3.63) is 112 Å². The number of hydrazone groups is 1. The zero-order chi connectivity index (χ0) is 21.6. The molecule has 4 aromatic rings. The summed E-state index contributed by atoms with van der Waals surface area (Å²) in [6.07, 6.45) is 1.65. The Hall–Kier alpha value is -3.44. The van der Waals surface area contributed by atoms with Crippen LogP contribution in [0, 0.1) is 6.92 Å². The van der Waals surface area contributed by atoms with Gasteiger partial charge in [0.05, 0.1) is 6.21 Å². The fourth-order valence-corrected chi connectivity index (χ4v) is 3.58. The largest absolute Gasteiger partial charge is 0.488 e. The summed E-state index contributed by atoms with van der Waals surface area (Å²) in [5, 5.41) is 6.30. The number of hydrogen-bond donors (Lipinski definition) is 1. The van der Waals surface area contributed by atoms with Gasteiger partial charge in [-0.05, 0) is 53.1 Å². The highest BCUT2D eigenvalue weighted by Gasteiger charge is 2.09. The van der Waals surface area contributed by atoms with Crippen molar-refractivity contribution in [1.29, 1.82) is 0 Å². The van der Waals surface area contributed by atoms with Crippen molar-refractivity contribution in [3.8, 4) is 5.75 Å². The van der Waals surface area contributed by atoms with Gasteiger partial charge in [0.2, 0.25) is 0 Å². The van der Waals surface area contributed by atoms with E-state index in [4.69, 9.17) is 4.74 Å². The number of benzene rings is 4. The molecule has 0 aliphatic carbocycles. The summed E-state index contributed by atoms with van der Waals surface area (Å²) in [5.74, 6) is 0.461. The Morgan fingerprint density at radius 1 is 0.968 bits per heavy atom. The fourth-order valence-electron chi connectivity index (χ4n) is 3.32. The van der Waals surface area contributed by atoms with E-state index >= 15 is 0 Å². The molecule has 0 saturated carbocycles. The SMILES string of the molecule is Cc1ccccc1C(=O)N/N=C/c1c(OCc2ccc(Br)cc2)ccc2ccccc12. The topological polar surface area (TPSA) is 50.7 Å². The second-order valence-electron chi connectivity index (χ2n) is 7.13. The van der Waals surface area contributed by atoms with Gasteiger partial charge in [0.15, 0.2) is 0 Å². The van der Waals surface area contributed by atoms with E-state index in [1.807, 2.05) is 85.8 Å². The Kier molecular flexibility index (Phi) is 6.43. The maximum Gasteiger partial charge on any atom is 0.271 e. The molecule has 0 fully saturated rings.